The summed E-state index contributed by atoms with van der Waals surface area (Å²) in [6, 6.07) is 3.90. The molecule has 17 heavy (non-hydrogen) atoms. The van der Waals surface area contributed by atoms with E-state index in [1.807, 2.05) is 0 Å². The van der Waals surface area contributed by atoms with Crippen molar-refractivity contribution < 1.29 is 28.5 Å². The summed E-state index contributed by atoms with van der Waals surface area (Å²) in [6.07, 6.45) is -7.07. The number of benzene rings is 1. The lowest BCUT2D eigenvalue weighted by Crippen LogP contribution is -2.38. The molecular weight excluding hydrogens is 239 g/mol. The summed E-state index contributed by atoms with van der Waals surface area (Å²) >= 11 is 0. The van der Waals surface area contributed by atoms with Gasteiger partial charge in [-0.2, -0.15) is 13.2 Å². The van der Waals surface area contributed by atoms with Crippen molar-refractivity contribution in [2.45, 2.75) is 18.8 Å². The Morgan fingerprint density at radius 2 is 1.82 bits per heavy atom. The highest BCUT2D eigenvalue weighted by Crippen LogP contribution is 2.24. The van der Waals surface area contributed by atoms with E-state index in [2.05, 4.69) is 5.32 Å². The van der Waals surface area contributed by atoms with Crippen LogP contribution in [0.3, 0.4) is 0 Å². The monoisotopic (exact) mass is 251 g/mol. The fourth-order valence-corrected chi connectivity index (χ4v) is 1.15. The van der Waals surface area contributed by atoms with E-state index in [-0.39, 0.29) is 18.0 Å². The summed E-state index contributed by atoms with van der Waals surface area (Å²) in [6.45, 7) is -0.591. The first-order valence-corrected chi connectivity index (χ1v) is 4.77. The molecule has 1 atom stereocenters. The van der Waals surface area contributed by atoms with Gasteiger partial charge >= 0.3 is 6.18 Å². The molecule has 0 heterocycles. The van der Waals surface area contributed by atoms with Gasteiger partial charge in [-0.15, -0.1) is 0 Å². The minimum absolute atomic E-state index is 0.0426. The van der Waals surface area contributed by atoms with Crippen LogP contribution in [0.5, 0.6) is 11.5 Å². The van der Waals surface area contributed by atoms with Gasteiger partial charge in [-0.1, -0.05) is 6.07 Å². The fourth-order valence-electron chi connectivity index (χ4n) is 1.15. The maximum Gasteiger partial charge on any atom is 0.415 e. The number of halogens is 3. The Hall–Kier alpha value is -1.47. The van der Waals surface area contributed by atoms with Crippen molar-refractivity contribution in [2.24, 2.45) is 0 Å². The summed E-state index contributed by atoms with van der Waals surface area (Å²) in [5, 5.41) is 29.2. The van der Waals surface area contributed by atoms with E-state index in [9.17, 15) is 13.2 Å². The maximum absolute atomic E-state index is 11.9. The third-order valence-electron chi connectivity index (χ3n) is 2.08. The molecule has 1 aromatic rings. The molecule has 0 aliphatic carbocycles. The number of aliphatic hydroxyl groups excluding tert-OH is 1. The van der Waals surface area contributed by atoms with Crippen molar-refractivity contribution >= 4 is 0 Å². The van der Waals surface area contributed by atoms with Gasteiger partial charge in [-0.3, -0.25) is 0 Å². The van der Waals surface area contributed by atoms with Gasteiger partial charge in [0.05, 0.1) is 0 Å². The van der Waals surface area contributed by atoms with E-state index < -0.39 is 18.8 Å². The molecule has 7 heteroatoms. The van der Waals surface area contributed by atoms with Crippen molar-refractivity contribution in [1.29, 1.82) is 0 Å². The van der Waals surface area contributed by atoms with Crippen molar-refractivity contribution in [3.8, 4) is 11.5 Å². The first-order chi connectivity index (χ1) is 7.80. The number of phenolic OH excluding ortho intramolecular Hbond substituents is 2. The average Bonchev–Trinajstić information content (AvgIpc) is 2.22. The van der Waals surface area contributed by atoms with Crippen LogP contribution in [0.25, 0.3) is 0 Å². The molecule has 1 aromatic carbocycles. The Morgan fingerprint density at radius 1 is 1.18 bits per heavy atom. The molecule has 0 radical (unpaired) electrons. The van der Waals surface area contributed by atoms with Gasteiger partial charge in [0.15, 0.2) is 17.6 Å². The summed E-state index contributed by atoms with van der Waals surface area (Å²) < 4.78 is 35.8. The third kappa shape index (κ3) is 4.12. The van der Waals surface area contributed by atoms with Gasteiger partial charge in [-0.05, 0) is 17.7 Å². The maximum atomic E-state index is 11.9. The lowest BCUT2D eigenvalue weighted by molar-refractivity contribution is -0.201. The van der Waals surface area contributed by atoms with Gasteiger partial charge in [0.1, 0.15) is 0 Å². The first-order valence-electron chi connectivity index (χ1n) is 4.77. The summed E-state index contributed by atoms with van der Waals surface area (Å²) in [5.41, 5.74) is 0.495. The van der Waals surface area contributed by atoms with Crippen LogP contribution in [0.2, 0.25) is 0 Å². The van der Waals surface area contributed by atoms with Gasteiger partial charge in [0.2, 0.25) is 0 Å². The molecule has 96 valence electrons. The normalized spacial score (nSPS) is 13.6. The van der Waals surface area contributed by atoms with Crippen LogP contribution in [0, 0.1) is 0 Å². The molecule has 4 N–H and O–H groups in total. The number of hydrogen-bond donors (Lipinski definition) is 4. The van der Waals surface area contributed by atoms with Gasteiger partial charge in [0.25, 0.3) is 0 Å². The smallest absolute Gasteiger partial charge is 0.415 e. The number of rotatable bonds is 4. The molecule has 0 aromatic heterocycles. The molecule has 1 rings (SSSR count). The second kappa shape index (κ2) is 5.24. The van der Waals surface area contributed by atoms with Crippen LogP contribution < -0.4 is 5.32 Å². The Kier molecular flexibility index (Phi) is 4.19. The summed E-state index contributed by atoms with van der Waals surface area (Å²) in [5.74, 6) is -0.648. The van der Waals surface area contributed by atoms with Crippen LogP contribution in [-0.2, 0) is 6.54 Å². The summed E-state index contributed by atoms with van der Waals surface area (Å²) in [4.78, 5) is 0. The molecule has 0 aliphatic heterocycles. The third-order valence-corrected chi connectivity index (χ3v) is 2.08. The average molecular weight is 251 g/mol. The molecule has 4 nitrogen and oxygen atoms in total. The van der Waals surface area contributed by atoms with E-state index in [1.54, 1.807) is 0 Å². The van der Waals surface area contributed by atoms with E-state index in [0.29, 0.717) is 5.56 Å². The minimum Gasteiger partial charge on any atom is -0.504 e. The molecule has 0 spiro atoms. The van der Waals surface area contributed by atoms with Crippen LogP contribution in [-0.4, -0.2) is 34.1 Å². The lowest BCUT2D eigenvalue weighted by atomic mass is 10.2. The minimum atomic E-state index is -4.65. The van der Waals surface area contributed by atoms with E-state index in [4.69, 9.17) is 15.3 Å². The molecule has 0 aliphatic rings. The number of alkyl halides is 3. The van der Waals surface area contributed by atoms with Crippen LogP contribution in [0.4, 0.5) is 13.2 Å². The highest BCUT2D eigenvalue weighted by Gasteiger charge is 2.37. The first kappa shape index (κ1) is 13.6. The molecule has 0 amide bonds. The zero-order valence-electron chi connectivity index (χ0n) is 8.70. The van der Waals surface area contributed by atoms with Crippen molar-refractivity contribution in [3.05, 3.63) is 23.8 Å². The van der Waals surface area contributed by atoms with Gasteiger partial charge in [0, 0.05) is 13.1 Å². The largest absolute Gasteiger partial charge is 0.504 e. The number of aromatic hydroxyl groups is 2. The Morgan fingerprint density at radius 3 is 2.35 bits per heavy atom. The zero-order valence-corrected chi connectivity index (χ0v) is 8.70. The highest BCUT2D eigenvalue weighted by atomic mass is 19.4. The standard InChI is InChI=1S/C10H12F3NO3/c11-10(12,13)9(17)5-14-4-6-1-2-7(15)8(16)3-6/h1-3,9,14-17H,4-5H2. The Bertz CT molecular complexity index is 382. The van der Waals surface area contributed by atoms with Gasteiger partial charge in [-0.25, -0.2) is 0 Å². The Balaban J connectivity index is 2.44. The fraction of sp³-hybridized carbons (Fsp3) is 0.400. The number of aliphatic hydroxyl groups is 1. The second-order valence-corrected chi connectivity index (χ2v) is 3.51. The molecule has 0 bridgehead atoms. The number of nitrogens with one attached hydrogen (secondary N) is 1. The molecule has 1 unspecified atom stereocenters. The van der Waals surface area contributed by atoms with E-state index in [1.165, 1.54) is 18.2 Å². The van der Waals surface area contributed by atoms with Crippen LogP contribution in [0.1, 0.15) is 5.56 Å². The van der Waals surface area contributed by atoms with E-state index in [0.717, 1.165) is 0 Å². The van der Waals surface area contributed by atoms with E-state index >= 15 is 0 Å². The zero-order chi connectivity index (χ0) is 13.1. The van der Waals surface area contributed by atoms with Gasteiger partial charge < -0.3 is 20.6 Å². The summed E-state index contributed by atoms with van der Waals surface area (Å²) in [7, 11) is 0. The van der Waals surface area contributed by atoms with Crippen molar-refractivity contribution in [1.82, 2.24) is 5.32 Å². The van der Waals surface area contributed by atoms with Crippen LogP contribution >= 0.6 is 0 Å². The lowest BCUT2D eigenvalue weighted by Gasteiger charge is -2.15. The molecule has 0 saturated heterocycles. The number of phenols is 2. The predicted molar refractivity (Wildman–Crippen MR) is 53.5 cm³/mol. The quantitative estimate of drug-likeness (QED) is 0.605. The topological polar surface area (TPSA) is 72.7 Å². The molecular formula is C10H12F3NO3. The SMILES string of the molecule is Oc1ccc(CNCC(O)C(F)(F)F)cc1O. The Labute approximate surface area is 95.3 Å². The highest BCUT2D eigenvalue weighted by molar-refractivity contribution is 5.40. The molecule has 0 fully saturated rings. The van der Waals surface area contributed by atoms with Crippen molar-refractivity contribution in [2.75, 3.05) is 6.54 Å². The predicted octanol–water partition coefficient (Wildman–Crippen LogP) is 1.11. The molecule has 0 saturated carbocycles. The number of hydrogen-bond acceptors (Lipinski definition) is 4. The van der Waals surface area contributed by atoms with Crippen molar-refractivity contribution in [3.63, 3.8) is 0 Å². The second-order valence-electron chi connectivity index (χ2n) is 3.51. The van der Waals surface area contributed by atoms with Crippen LogP contribution in [0.15, 0.2) is 18.2 Å².